The minimum Gasteiger partial charge on any atom is -0.330 e. The second-order valence-electron chi connectivity index (χ2n) is 3.62. The molecule has 0 fully saturated rings. The summed E-state index contributed by atoms with van der Waals surface area (Å²) in [4.78, 5) is 0. The summed E-state index contributed by atoms with van der Waals surface area (Å²) >= 11 is 0. The lowest BCUT2D eigenvalue weighted by Crippen LogP contribution is -2.29. The van der Waals surface area contributed by atoms with Crippen LogP contribution in [0.3, 0.4) is 0 Å². The summed E-state index contributed by atoms with van der Waals surface area (Å²) < 4.78 is 0. The standard InChI is InChI=1S/C9H23N3/c1-8(6-10)4-2-3-5-9(12)7-11/h8-9H,2-7,10-12H2,1H3. The summed E-state index contributed by atoms with van der Waals surface area (Å²) in [7, 11) is 0. The minimum atomic E-state index is 0.193. The highest BCUT2D eigenvalue weighted by Gasteiger charge is 2.01. The van der Waals surface area contributed by atoms with E-state index in [1.54, 1.807) is 0 Å². The van der Waals surface area contributed by atoms with Crippen LogP contribution in [0, 0.1) is 5.92 Å². The predicted molar refractivity (Wildman–Crippen MR) is 53.7 cm³/mol. The molecule has 0 heterocycles. The van der Waals surface area contributed by atoms with Crippen molar-refractivity contribution in [2.24, 2.45) is 23.1 Å². The highest BCUT2D eigenvalue weighted by molar-refractivity contribution is 4.62. The Morgan fingerprint density at radius 2 is 1.58 bits per heavy atom. The molecular formula is C9H23N3. The van der Waals surface area contributed by atoms with Crippen LogP contribution in [0.25, 0.3) is 0 Å². The van der Waals surface area contributed by atoms with Crippen LogP contribution < -0.4 is 17.2 Å². The molecule has 2 atom stereocenters. The SMILES string of the molecule is CC(CN)CCCCC(N)CN. The molecule has 2 unspecified atom stereocenters. The number of hydrogen-bond acceptors (Lipinski definition) is 3. The maximum absolute atomic E-state index is 5.67. The lowest BCUT2D eigenvalue weighted by Gasteiger charge is -2.10. The van der Waals surface area contributed by atoms with Gasteiger partial charge in [0, 0.05) is 12.6 Å². The van der Waals surface area contributed by atoms with E-state index in [-0.39, 0.29) is 6.04 Å². The molecular weight excluding hydrogens is 150 g/mol. The largest absolute Gasteiger partial charge is 0.330 e. The van der Waals surface area contributed by atoms with Crippen molar-refractivity contribution < 1.29 is 0 Å². The first kappa shape index (κ1) is 11.9. The Morgan fingerprint density at radius 3 is 2.08 bits per heavy atom. The van der Waals surface area contributed by atoms with E-state index < -0.39 is 0 Å². The Kier molecular flexibility index (Phi) is 7.45. The van der Waals surface area contributed by atoms with E-state index in [9.17, 15) is 0 Å². The summed E-state index contributed by atoms with van der Waals surface area (Å²) in [5, 5.41) is 0. The average molecular weight is 173 g/mol. The number of rotatable bonds is 7. The number of nitrogens with two attached hydrogens (primary N) is 3. The molecule has 0 radical (unpaired) electrons. The first-order valence-corrected chi connectivity index (χ1v) is 4.86. The zero-order valence-electron chi connectivity index (χ0n) is 8.13. The van der Waals surface area contributed by atoms with Gasteiger partial charge in [0.1, 0.15) is 0 Å². The van der Waals surface area contributed by atoms with Crippen molar-refractivity contribution in [3.05, 3.63) is 0 Å². The Balaban J connectivity index is 3.10. The Morgan fingerprint density at radius 1 is 1.00 bits per heavy atom. The van der Waals surface area contributed by atoms with Crippen LogP contribution in [0.1, 0.15) is 32.6 Å². The fourth-order valence-corrected chi connectivity index (χ4v) is 1.14. The van der Waals surface area contributed by atoms with Crippen LogP contribution in [0.5, 0.6) is 0 Å². The number of hydrogen-bond donors (Lipinski definition) is 3. The van der Waals surface area contributed by atoms with Gasteiger partial charge in [0.25, 0.3) is 0 Å². The van der Waals surface area contributed by atoms with Crippen molar-refractivity contribution >= 4 is 0 Å². The molecule has 0 aromatic carbocycles. The van der Waals surface area contributed by atoms with Crippen LogP contribution in [0.2, 0.25) is 0 Å². The van der Waals surface area contributed by atoms with Gasteiger partial charge in [0.2, 0.25) is 0 Å². The Bertz CT molecular complexity index is 83.8. The van der Waals surface area contributed by atoms with Crippen LogP contribution >= 0.6 is 0 Å². The molecule has 0 aliphatic carbocycles. The lowest BCUT2D eigenvalue weighted by molar-refractivity contribution is 0.481. The van der Waals surface area contributed by atoms with Gasteiger partial charge in [0.05, 0.1) is 0 Å². The van der Waals surface area contributed by atoms with E-state index in [1.165, 1.54) is 19.3 Å². The van der Waals surface area contributed by atoms with Crippen molar-refractivity contribution in [3.63, 3.8) is 0 Å². The maximum atomic E-state index is 5.67. The summed E-state index contributed by atoms with van der Waals surface area (Å²) in [5.74, 6) is 0.652. The third-order valence-corrected chi connectivity index (χ3v) is 2.23. The van der Waals surface area contributed by atoms with Crippen molar-refractivity contribution in [1.29, 1.82) is 0 Å². The molecule has 0 saturated heterocycles. The molecule has 0 aliphatic rings. The van der Waals surface area contributed by atoms with Gasteiger partial charge < -0.3 is 17.2 Å². The third kappa shape index (κ3) is 6.58. The highest BCUT2D eigenvalue weighted by atomic mass is 14.7. The molecule has 0 bridgehead atoms. The van der Waals surface area contributed by atoms with Gasteiger partial charge in [-0.2, -0.15) is 0 Å². The van der Waals surface area contributed by atoms with E-state index in [0.717, 1.165) is 13.0 Å². The summed E-state index contributed by atoms with van der Waals surface area (Å²) in [6.45, 7) is 3.58. The van der Waals surface area contributed by atoms with Crippen LogP contribution in [-0.2, 0) is 0 Å². The second kappa shape index (κ2) is 7.53. The molecule has 74 valence electrons. The van der Waals surface area contributed by atoms with E-state index in [4.69, 9.17) is 17.2 Å². The van der Waals surface area contributed by atoms with Crippen LogP contribution in [-0.4, -0.2) is 19.1 Å². The lowest BCUT2D eigenvalue weighted by atomic mass is 10.0. The van der Waals surface area contributed by atoms with Gasteiger partial charge in [-0.1, -0.05) is 19.8 Å². The summed E-state index contributed by atoms with van der Waals surface area (Å²) in [6, 6.07) is 0.193. The Hall–Kier alpha value is -0.120. The normalized spacial score (nSPS) is 16.0. The van der Waals surface area contributed by atoms with Crippen LogP contribution in [0.4, 0.5) is 0 Å². The first-order chi connectivity index (χ1) is 5.70. The molecule has 0 saturated carbocycles. The fraction of sp³-hybridized carbons (Fsp3) is 1.00. The molecule has 0 aliphatic heterocycles. The monoisotopic (exact) mass is 173 g/mol. The smallest absolute Gasteiger partial charge is 0.0163 e. The number of unbranched alkanes of at least 4 members (excludes halogenated alkanes) is 1. The van der Waals surface area contributed by atoms with Gasteiger partial charge in [-0.3, -0.25) is 0 Å². The van der Waals surface area contributed by atoms with Crippen molar-refractivity contribution in [1.82, 2.24) is 0 Å². The van der Waals surface area contributed by atoms with Gasteiger partial charge in [-0.25, -0.2) is 0 Å². The second-order valence-corrected chi connectivity index (χ2v) is 3.62. The van der Waals surface area contributed by atoms with E-state index in [2.05, 4.69) is 6.92 Å². The van der Waals surface area contributed by atoms with Gasteiger partial charge in [0.15, 0.2) is 0 Å². The maximum Gasteiger partial charge on any atom is 0.0163 e. The molecule has 0 aromatic rings. The topological polar surface area (TPSA) is 78.1 Å². The Labute approximate surface area is 75.7 Å². The quantitative estimate of drug-likeness (QED) is 0.488. The molecule has 0 spiro atoms. The zero-order valence-corrected chi connectivity index (χ0v) is 8.13. The predicted octanol–water partition coefficient (Wildman–Crippen LogP) is 0.428. The zero-order chi connectivity index (χ0) is 9.40. The fourth-order valence-electron chi connectivity index (χ4n) is 1.14. The van der Waals surface area contributed by atoms with Crippen LogP contribution in [0.15, 0.2) is 0 Å². The van der Waals surface area contributed by atoms with Gasteiger partial charge >= 0.3 is 0 Å². The molecule has 0 amide bonds. The third-order valence-electron chi connectivity index (χ3n) is 2.23. The average Bonchev–Trinajstić information content (AvgIpc) is 2.11. The van der Waals surface area contributed by atoms with Gasteiger partial charge in [-0.05, 0) is 25.3 Å². The summed E-state index contributed by atoms with van der Waals surface area (Å²) in [6.07, 6.45) is 4.68. The summed E-state index contributed by atoms with van der Waals surface area (Å²) in [5.41, 5.74) is 16.6. The minimum absolute atomic E-state index is 0.193. The first-order valence-electron chi connectivity index (χ1n) is 4.86. The molecule has 3 heteroatoms. The van der Waals surface area contributed by atoms with E-state index >= 15 is 0 Å². The van der Waals surface area contributed by atoms with Crippen molar-refractivity contribution in [3.8, 4) is 0 Å². The molecule has 3 nitrogen and oxygen atoms in total. The molecule has 6 N–H and O–H groups in total. The van der Waals surface area contributed by atoms with E-state index in [1.807, 2.05) is 0 Å². The molecule has 0 aromatic heterocycles. The van der Waals surface area contributed by atoms with Crippen molar-refractivity contribution in [2.75, 3.05) is 13.1 Å². The van der Waals surface area contributed by atoms with Crippen molar-refractivity contribution in [2.45, 2.75) is 38.6 Å². The van der Waals surface area contributed by atoms with E-state index in [0.29, 0.717) is 12.5 Å². The highest BCUT2D eigenvalue weighted by Crippen LogP contribution is 2.08. The van der Waals surface area contributed by atoms with Gasteiger partial charge in [-0.15, -0.1) is 0 Å². The molecule has 0 rings (SSSR count). The molecule has 12 heavy (non-hydrogen) atoms.